The van der Waals surface area contributed by atoms with Crippen LogP contribution >= 0.6 is 11.3 Å². The predicted octanol–water partition coefficient (Wildman–Crippen LogP) is 2.66. The second kappa shape index (κ2) is 4.39. The molecule has 16 heavy (non-hydrogen) atoms. The Morgan fingerprint density at radius 1 is 1.50 bits per heavy atom. The van der Waals surface area contributed by atoms with Crippen molar-refractivity contribution in [3.05, 3.63) is 39.3 Å². The third kappa shape index (κ3) is 1.90. The molecule has 0 aliphatic rings. The van der Waals surface area contributed by atoms with Gasteiger partial charge in [-0.2, -0.15) is 5.10 Å². The van der Waals surface area contributed by atoms with Crippen molar-refractivity contribution in [1.82, 2.24) is 9.78 Å². The van der Waals surface area contributed by atoms with Gasteiger partial charge in [-0.05, 0) is 32.9 Å². The maximum absolute atomic E-state index is 10.3. The molecule has 0 radical (unpaired) electrons. The van der Waals surface area contributed by atoms with Crippen LogP contribution in [0.15, 0.2) is 18.3 Å². The van der Waals surface area contributed by atoms with Crippen molar-refractivity contribution in [2.24, 2.45) is 0 Å². The Morgan fingerprint density at radius 2 is 2.25 bits per heavy atom. The first kappa shape index (κ1) is 11.4. The van der Waals surface area contributed by atoms with E-state index in [1.165, 1.54) is 9.75 Å². The van der Waals surface area contributed by atoms with E-state index in [1.54, 1.807) is 17.5 Å². The van der Waals surface area contributed by atoms with Gasteiger partial charge in [-0.25, -0.2) is 0 Å². The lowest BCUT2D eigenvalue weighted by Gasteiger charge is -2.12. The molecule has 0 aromatic carbocycles. The molecule has 86 valence electrons. The lowest BCUT2D eigenvalue weighted by molar-refractivity contribution is 0.208. The van der Waals surface area contributed by atoms with Crippen LogP contribution in [0.2, 0.25) is 0 Å². The number of hydrogen-bond acceptors (Lipinski definition) is 3. The molecule has 1 unspecified atom stereocenters. The molecule has 2 heterocycles. The Labute approximate surface area is 99.4 Å². The lowest BCUT2D eigenvalue weighted by Crippen LogP contribution is -2.09. The normalized spacial score (nSPS) is 13.0. The van der Waals surface area contributed by atoms with E-state index in [0.29, 0.717) is 0 Å². The first-order chi connectivity index (χ1) is 7.63. The first-order valence-electron chi connectivity index (χ1n) is 5.40. The maximum Gasteiger partial charge on any atom is 0.122 e. The highest BCUT2D eigenvalue weighted by atomic mass is 32.1. The van der Waals surface area contributed by atoms with Crippen LogP contribution in [0, 0.1) is 13.8 Å². The minimum Gasteiger partial charge on any atom is -0.382 e. The Hall–Kier alpha value is -1.13. The lowest BCUT2D eigenvalue weighted by atomic mass is 10.1. The third-order valence-corrected chi connectivity index (χ3v) is 3.68. The van der Waals surface area contributed by atoms with E-state index in [4.69, 9.17) is 0 Å². The van der Waals surface area contributed by atoms with Gasteiger partial charge in [0.25, 0.3) is 0 Å². The number of nitrogens with zero attached hydrogens (tertiary/aromatic N) is 2. The number of aryl methyl sites for hydroxylation is 3. The number of aliphatic hydroxyl groups excluding tert-OH is 1. The molecule has 3 nitrogen and oxygen atoms in total. The number of rotatable bonds is 3. The Balaban J connectivity index is 2.38. The van der Waals surface area contributed by atoms with Gasteiger partial charge < -0.3 is 5.11 Å². The van der Waals surface area contributed by atoms with Gasteiger partial charge >= 0.3 is 0 Å². The summed E-state index contributed by atoms with van der Waals surface area (Å²) in [6.45, 7) is 6.91. The van der Waals surface area contributed by atoms with Crippen LogP contribution in [0.3, 0.4) is 0 Å². The summed E-state index contributed by atoms with van der Waals surface area (Å²) in [5, 5.41) is 14.5. The van der Waals surface area contributed by atoms with E-state index >= 15 is 0 Å². The van der Waals surface area contributed by atoms with Crippen LogP contribution in [-0.4, -0.2) is 14.9 Å². The summed E-state index contributed by atoms with van der Waals surface area (Å²) in [4.78, 5) is 2.41. The predicted molar refractivity (Wildman–Crippen MR) is 65.8 cm³/mol. The molecule has 2 aromatic rings. The third-order valence-electron chi connectivity index (χ3n) is 2.70. The van der Waals surface area contributed by atoms with E-state index in [9.17, 15) is 5.11 Å². The smallest absolute Gasteiger partial charge is 0.122 e. The standard InChI is InChI=1S/C12H16N2OS/c1-4-14-11(5-6-13-14)12(15)10-7-8(2)16-9(10)3/h5-7,12,15H,4H2,1-3H3. The molecule has 0 amide bonds. The molecule has 0 aliphatic carbocycles. The van der Waals surface area contributed by atoms with Gasteiger partial charge in [0, 0.05) is 28.1 Å². The second-order valence-corrected chi connectivity index (χ2v) is 5.30. The monoisotopic (exact) mass is 236 g/mol. The fourth-order valence-corrected chi connectivity index (χ4v) is 2.88. The molecule has 1 atom stereocenters. The van der Waals surface area contributed by atoms with E-state index in [1.807, 2.05) is 24.6 Å². The number of aromatic nitrogens is 2. The van der Waals surface area contributed by atoms with Crippen molar-refractivity contribution in [1.29, 1.82) is 0 Å². The largest absolute Gasteiger partial charge is 0.382 e. The average molecular weight is 236 g/mol. The summed E-state index contributed by atoms with van der Waals surface area (Å²) < 4.78 is 1.83. The van der Waals surface area contributed by atoms with Crippen molar-refractivity contribution in [2.45, 2.75) is 33.4 Å². The zero-order valence-electron chi connectivity index (χ0n) is 9.77. The summed E-state index contributed by atoms with van der Waals surface area (Å²) in [7, 11) is 0. The summed E-state index contributed by atoms with van der Waals surface area (Å²) in [5.74, 6) is 0. The van der Waals surface area contributed by atoms with Gasteiger partial charge in [-0.15, -0.1) is 11.3 Å². The summed E-state index contributed by atoms with van der Waals surface area (Å²) >= 11 is 1.72. The number of aliphatic hydroxyl groups is 1. The van der Waals surface area contributed by atoms with Gasteiger partial charge in [-0.3, -0.25) is 4.68 Å². The van der Waals surface area contributed by atoms with Crippen LogP contribution in [-0.2, 0) is 6.54 Å². The Bertz CT molecular complexity index is 487. The van der Waals surface area contributed by atoms with Gasteiger partial charge in [0.15, 0.2) is 0 Å². The van der Waals surface area contributed by atoms with Crippen molar-refractivity contribution >= 4 is 11.3 Å². The molecule has 4 heteroatoms. The van der Waals surface area contributed by atoms with Crippen molar-refractivity contribution in [3.8, 4) is 0 Å². The van der Waals surface area contributed by atoms with E-state index < -0.39 is 6.10 Å². The molecule has 2 aromatic heterocycles. The number of hydrogen-bond donors (Lipinski definition) is 1. The molecule has 0 fully saturated rings. The van der Waals surface area contributed by atoms with Crippen molar-refractivity contribution in [2.75, 3.05) is 0 Å². The molecule has 2 rings (SSSR count). The average Bonchev–Trinajstić information content (AvgIpc) is 2.83. The maximum atomic E-state index is 10.3. The van der Waals surface area contributed by atoms with Crippen LogP contribution < -0.4 is 0 Å². The highest BCUT2D eigenvalue weighted by Gasteiger charge is 2.18. The quantitative estimate of drug-likeness (QED) is 0.889. The molecule has 0 aliphatic heterocycles. The minimum absolute atomic E-state index is 0.563. The molecule has 1 N–H and O–H groups in total. The molecule has 0 spiro atoms. The fourth-order valence-electron chi connectivity index (χ4n) is 1.92. The molecule has 0 saturated heterocycles. The summed E-state index contributed by atoms with van der Waals surface area (Å²) in [5.41, 5.74) is 1.86. The van der Waals surface area contributed by atoms with E-state index in [-0.39, 0.29) is 0 Å². The van der Waals surface area contributed by atoms with Gasteiger partial charge in [0.05, 0.1) is 5.69 Å². The van der Waals surface area contributed by atoms with Crippen molar-refractivity contribution < 1.29 is 5.11 Å². The van der Waals surface area contributed by atoms with Crippen LogP contribution in [0.1, 0.15) is 34.0 Å². The van der Waals surface area contributed by atoms with Gasteiger partial charge in [0.2, 0.25) is 0 Å². The zero-order chi connectivity index (χ0) is 11.7. The van der Waals surface area contributed by atoms with Crippen LogP contribution in [0.4, 0.5) is 0 Å². The topological polar surface area (TPSA) is 38.0 Å². The fraction of sp³-hybridized carbons (Fsp3) is 0.417. The SMILES string of the molecule is CCn1nccc1C(O)c1cc(C)sc1C. The molecule has 0 bridgehead atoms. The van der Waals surface area contributed by atoms with Gasteiger partial charge in [-0.1, -0.05) is 0 Å². The van der Waals surface area contributed by atoms with Gasteiger partial charge in [0.1, 0.15) is 6.10 Å². The summed E-state index contributed by atoms with van der Waals surface area (Å²) in [6.07, 6.45) is 1.17. The number of thiophene rings is 1. The van der Waals surface area contributed by atoms with Crippen LogP contribution in [0.5, 0.6) is 0 Å². The highest BCUT2D eigenvalue weighted by molar-refractivity contribution is 7.12. The minimum atomic E-state index is -0.563. The van der Waals surface area contributed by atoms with E-state index in [2.05, 4.69) is 18.1 Å². The first-order valence-corrected chi connectivity index (χ1v) is 6.21. The zero-order valence-corrected chi connectivity index (χ0v) is 10.6. The second-order valence-electron chi connectivity index (χ2n) is 3.84. The Kier molecular flexibility index (Phi) is 3.12. The van der Waals surface area contributed by atoms with Crippen molar-refractivity contribution in [3.63, 3.8) is 0 Å². The highest BCUT2D eigenvalue weighted by Crippen LogP contribution is 2.30. The molecular weight excluding hydrogens is 220 g/mol. The Morgan fingerprint density at radius 3 is 2.81 bits per heavy atom. The molecular formula is C12H16N2OS. The molecule has 0 saturated carbocycles. The van der Waals surface area contributed by atoms with E-state index in [0.717, 1.165) is 17.8 Å². The van der Waals surface area contributed by atoms with Crippen LogP contribution in [0.25, 0.3) is 0 Å². The summed E-state index contributed by atoms with van der Waals surface area (Å²) in [6, 6.07) is 3.93.